The van der Waals surface area contributed by atoms with Gasteiger partial charge in [-0.25, -0.2) is 9.37 Å². The Morgan fingerprint density at radius 3 is 2.48 bits per heavy atom. The molecule has 9 heteroatoms. The molecular weight excluding hydrogens is 431 g/mol. The second-order valence-electron chi connectivity index (χ2n) is 6.17. The maximum atomic E-state index is 13.8. The van der Waals surface area contributed by atoms with Gasteiger partial charge in [0.25, 0.3) is 0 Å². The highest BCUT2D eigenvalue weighted by atomic mass is 35.5. The number of nitrogens with two attached hydrogens (primary N) is 1. The fraction of sp³-hybridized carbons (Fsp3) is 0.150. The molecule has 0 radical (unpaired) electrons. The summed E-state index contributed by atoms with van der Waals surface area (Å²) >= 11 is 12.1. The normalized spacial score (nSPS) is 12.7. The predicted octanol–water partition coefficient (Wildman–Crippen LogP) is 6.94. The fourth-order valence-electron chi connectivity index (χ4n) is 2.84. The first kappa shape index (κ1) is 21.2. The lowest BCUT2D eigenvalue weighted by Crippen LogP contribution is -2.09. The summed E-state index contributed by atoms with van der Waals surface area (Å²) in [6, 6.07) is 8.86. The molecule has 0 aliphatic heterocycles. The molecule has 152 valence electrons. The highest BCUT2D eigenvalue weighted by Crippen LogP contribution is 2.40. The number of halogens is 6. The summed E-state index contributed by atoms with van der Waals surface area (Å²) in [5, 5.41) is -0.0379. The molecule has 0 spiro atoms. The topological polar surface area (TPSA) is 48.1 Å². The Morgan fingerprint density at radius 2 is 1.79 bits per heavy atom. The molecule has 29 heavy (non-hydrogen) atoms. The van der Waals surface area contributed by atoms with Crippen LogP contribution in [0.1, 0.15) is 24.2 Å². The van der Waals surface area contributed by atoms with E-state index in [1.54, 1.807) is 6.92 Å². The van der Waals surface area contributed by atoms with Crippen molar-refractivity contribution in [3.05, 3.63) is 75.7 Å². The second kappa shape index (κ2) is 8.08. The van der Waals surface area contributed by atoms with Gasteiger partial charge in [-0.1, -0.05) is 41.4 Å². The largest absolute Gasteiger partial charge is 0.482 e. The van der Waals surface area contributed by atoms with E-state index in [-0.39, 0.29) is 38.3 Å². The molecule has 0 bridgehead atoms. The SMILES string of the molecule is CC(Oc1cc(-c2ccccc2C(F)(F)F)cnc1N)c1c(Cl)ccc(F)c1Cl. The van der Waals surface area contributed by atoms with Gasteiger partial charge in [-0.3, -0.25) is 0 Å². The summed E-state index contributed by atoms with van der Waals surface area (Å²) in [7, 11) is 0. The zero-order valence-electron chi connectivity index (χ0n) is 14.9. The molecular formula is C20H14Cl2F4N2O. The van der Waals surface area contributed by atoms with Crippen molar-refractivity contribution in [2.75, 3.05) is 5.73 Å². The number of aromatic nitrogens is 1. The molecule has 2 N–H and O–H groups in total. The van der Waals surface area contributed by atoms with Crippen LogP contribution in [-0.4, -0.2) is 4.98 Å². The Balaban J connectivity index is 2.01. The minimum Gasteiger partial charge on any atom is -0.482 e. The van der Waals surface area contributed by atoms with Crippen LogP contribution in [0.25, 0.3) is 11.1 Å². The fourth-order valence-corrected chi connectivity index (χ4v) is 3.52. The van der Waals surface area contributed by atoms with Gasteiger partial charge < -0.3 is 10.5 Å². The van der Waals surface area contributed by atoms with Crippen LogP contribution in [0, 0.1) is 5.82 Å². The van der Waals surface area contributed by atoms with Crippen LogP contribution in [0.2, 0.25) is 10.0 Å². The van der Waals surface area contributed by atoms with Crippen molar-refractivity contribution < 1.29 is 22.3 Å². The van der Waals surface area contributed by atoms with Crippen molar-refractivity contribution in [1.82, 2.24) is 4.98 Å². The number of ether oxygens (including phenoxy) is 1. The van der Waals surface area contributed by atoms with E-state index in [4.69, 9.17) is 33.7 Å². The number of hydrogen-bond donors (Lipinski definition) is 1. The van der Waals surface area contributed by atoms with Crippen LogP contribution in [0.3, 0.4) is 0 Å². The Labute approximate surface area is 174 Å². The summed E-state index contributed by atoms with van der Waals surface area (Å²) in [6.07, 6.45) is -4.17. The van der Waals surface area contributed by atoms with Gasteiger partial charge in [-0.15, -0.1) is 0 Å². The molecule has 3 aromatic rings. The average molecular weight is 445 g/mol. The number of benzene rings is 2. The van der Waals surface area contributed by atoms with Crippen molar-refractivity contribution in [2.45, 2.75) is 19.2 Å². The van der Waals surface area contributed by atoms with E-state index in [0.29, 0.717) is 0 Å². The number of pyridine rings is 1. The van der Waals surface area contributed by atoms with Gasteiger partial charge in [0.1, 0.15) is 11.9 Å². The lowest BCUT2D eigenvalue weighted by Gasteiger charge is -2.20. The maximum absolute atomic E-state index is 13.8. The predicted molar refractivity (Wildman–Crippen MR) is 105 cm³/mol. The van der Waals surface area contributed by atoms with Gasteiger partial charge in [0, 0.05) is 22.3 Å². The summed E-state index contributed by atoms with van der Waals surface area (Å²) in [4.78, 5) is 3.93. The first-order valence-corrected chi connectivity index (χ1v) is 9.07. The van der Waals surface area contributed by atoms with Crippen molar-refractivity contribution in [2.24, 2.45) is 0 Å². The van der Waals surface area contributed by atoms with Crippen molar-refractivity contribution in [3.8, 4) is 16.9 Å². The molecule has 0 aliphatic carbocycles. The lowest BCUT2D eigenvalue weighted by atomic mass is 10.0. The van der Waals surface area contributed by atoms with E-state index in [1.807, 2.05) is 0 Å². The second-order valence-corrected chi connectivity index (χ2v) is 6.95. The number of anilines is 1. The minimum atomic E-state index is -4.55. The average Bonchev–Trinajstić information content (AvgIpc) is 2.66. The molecule has 0 saturated carbocycles. The van der Waals surface area contributed by atoms with Crippen molar-refractivity contribution in [1.29, 1.82) is 0 Å². The molecule has 1 aromatic heterocycles. The van der Waals surface area contributed by atoms with Gasteiger partial charge >= 0.3 is 6.18 Å². The molecule has 0 amide bonds. The van der Waals surface area contributed by atoms with Crippen LogP contribution in [0.4, 0.5) is 23.4 Å². The molecule has 3 nitrogen and oxygen atoms in total. The number of rotatable bonds is 4. The zero-order valence-corrected chi connectivity index (χ0v) is 16.4. The lowest BCUT2D eigenvalue weighted by molar-refractivity contribution is -0.137. The summed E-state index contributed by atoms with van der Waals surface area (Å²) < 4.78 is 59.5. The van der Waals surface area contributed by atoms with Gasteiger partial charge in [0.15, 0.2) is 11.6 Å². The van der Waals surface area contributed by atoms with E-state index in [2.05, 4.69) is 4.98 Å². The Morgan fingerprint density at radius 1 is 1.10 bits per heavy atom. The molecule has 0 aliphatic rings. The smallest absolute Gasteiger partial charge is 0.417 e. The minimum absolute atomic E-state index is 0.0170. The number of nitrogen functional groups attached to an aromatic ring is 1. The Bertz CT molecular complexity index is 1060. The number of nitrogens with zero attached hydrogens (tertiary/aromatic N) is 1. The van der Waals surface area contributed by atoms with Gasteiger partial charge in [-0.05, 0) is 36.8 Å². The summed E-state index contributed by atoms with van der Waals surface area (Å²) in [6.45, 7) is 1.56. The van der Waals surface area contributed by atoms with Crippen molar-refractivity contribution >= 4 is 29.0 Å². The van der Waals surface area contributed by atoms with Gasteiger partial charge in [-0.2, -0.15) is 13.2 Å². The molecule has 1 heterocycles. The van der Waals surface area contributed by atoms with Gasteiger partial charge in [0.2, 0.25) is 0 Å². The molecule has 0 fully saturated rings. The van der Waals surface area contributed by atoms with Crippen LogP contribution in [0.5, 0.6) is 5.75 Å². The summed E-state index contributed by atoms with van der Waals surface area (Å²) in [5.74, 6) is -0.711. The third-order valence-corrected chi connectivity index (χ3v) is 4.93. The number of alkyl halides is 3. The standard InChI is InChI=1S/C20H14Cl2F4N2O/c1-10(17-14(21)6-7-15(23)18(17)22)29-16-8-11(9-28-19(16)27)12-4-2-3-5-13(12)20(24,25)26/h2-10H,1H3,(H2,27,28). The Hall–Kier alpha value is -2.51. The molecule has 0 saturated heterocycles. The van der Waals surface area contributed by atoms with Crippen LogP contribution in [-0.2, 0) is 6.18 Å². The van der Waals surface area contributed by atoms with Crippen LogP contribution >= 0.6 is 23.2 Å². The Kier molecular flexibility index (Phi) is 5.91. The van der Waals surface area contributed by atoms with E-state index in [9.17, 15) is 17.6 Å². The quantitative estimate of drug-likeness (QED) is 0.350. The maximum Gasteiger partial charge on any atom is 0.417 e. The van der Waals surface area contributed by atoms with Gasteiger partial charge in [0.05, 0.1) is 10.6 Å². The molecule has 2 aromatic carbocycles. The third-order valence-electron chi connectivity index (χ3n) is 4.21. The molecule has 3 rings (SSSR count). The monoisotopic (exact) mass is 444 g/mol. The highest BCUT2D eigenvalue weighted by molar-refractivity contribution is 6.36. The van der Waals surface area contributed by atoms with Crippen molar-refractivity contribution in [3.63, 3.8) is 0 Å². The highest BCUT2D eigenvalue weighted by Gasteiger charge is 2.33. The van der Waals surface area contributed by atoms with E-state index < -0.39 is 23.7 Å². The number of hydrogen-bond acceptors (Lipinski definition) is 3. The van der Waals surface area contributed by atoms with E-state index in [1.165, 1.54) is 36.5 Å². The molecule has 1 atom stereocenters. The summed E-state index contributed by atoms with van der Waals surface area (Å²) in [5.41, 5.74) is 5.28. The van der Waals surface area contributed by atoms with Crippen LogP contribution in [0.15, 0.2) is 48.7 Å². The van der Waals surface area contributed by atoms with E-state index >= 15 is 0 Å². The van der Waals surface area contributed by atoms with Crippen LogP contribution < -0.4 is 10.5 Å². The first-order valence-electron chi connectivity index (χ1n) is 8.31. The molecule has 1 unspecified atom stereocenters. The third kappa shape index (κ3) is 4.41. The first-order chi connectivity index (χ1) is 13.6. The van der Waals surface area contributed by atoms with E-state index in [0.717, 1.165) is 12.1 Å². The zero-order chi connectivity index (χ0) is 21.3.